The van der Waals surface area contributed by atoms with Crippen LogP contribution in [0.5, 0.6) is 0 Å². The largest absolute Gasteiger partial charge is 0.356 e. The van der Waals surface area contributed by atoms with Crippen LogP contribution in [0.1, 0.15) is 5.56 Å². The molecule has 4 heteroatoms. The van der Waals surface area contributed by atoms with Crippen LogP contribution < -0.4 is 10.2 Å². The van der Waals surface area contributed by atoms with Crippen LogP contribution in [0.25, 0.3) is 0 Å². The van der Waals surface area contributed by atoms with Gasteiger partial charge in [-0.05, 0) is 34.0 Å². The summed E-state index contributed by atoms with van der Waals surface area (Å²) in [6.07, 6.45) is 1.04. The summed E-state index contributed by atoms with van der Waals surface area (Å²) in [6.45, 7) is 1.25. The number of amides is 1. The zero-order valence-electron chi connectivity index (χ0n) is 8.16. The zero-order chi connectivity index (χ0) is 10.4. The topological polar surface area (TPSA) is 32.3 Å². The summed E-state index contributed by atoms with van der Waals surface area (Å²) in [5, 5.41) is 2.91. The SMILES string of the molecule is O=C1CN2c3c(Br)cccc3CC2CN1. The highest BCUT2D eigenvalue weighted by Gasteiger charge is 2.34. The lowest BCUT2D eigenvalue weighted by Crippen LogP contribution is -2.53. The fourth-order valence-electron chi connectivity index (χ4n) is 2.43. The normalized spacial score (nSPS) is 23.4. The quantitative estimate of drug-likeness (QED) is 0.768. The number of carbonyl (C=O) groups excluding carboxylic acids is 1. The summed E-state index contributed by atoms with van der Waals surface area (Å²) in [6, 6.07) is 6.67. The maximum Gasteiger partial charge on any atom is 0.239 e. The molecule has 15 heavy (non-hydrogen) atoms. The van der Waals surface area contributed by atoms with Crippen LogP contribution in [0.2, 0.25) is 0 Å². The van der Waals surface area contributed by atoms with Crippen molar-refractivity contribution in [3.63, 3.8) is 0 Å². The molecule has 1 aromatic rings. The minimum absolute atomic E-state index is 0.120. The predicted octanol–water partition coefficient (Wildman–Crippen LogP) is 1.31. The molecule has 1 fully saturated rings. The number of rotatable bonds is 0. The second kappa shape index (κ2) is 3.23. The summed E-state index contributed by atoms with van der Waals surface area (Å²) in [5.74, 6) is 0.120. The van der Waals surface area contributed by atoms with Gasteiger partial charge in [0, 0.05) is 11.0 Å². The van der Waals surface area contributed by atoms with Gasteiger partial charge in [0.2, 0.25) is 5.91 Å². The van der Waals surface area contributed by atoms with E-state index in [1.807, 2.05) is 6.07 Å². The van der Waals surface area contributed by atoms with E-state index >= 15 is 0 Å². The number of anilines is 1. The molecule has 3 nitrogen and oxygen atoms in total. The standard InChI is InChI=1S/C11H11BrN2O/c12-9-3-1-2-7-4-8-5-13-10(15)6-14(8)11(7)9/h1-3,8H,4-6H2,(H,13,15). The van der Waals surface area contributed by atoms with Gasteiger partial charge in [-0.15, -0.1) is 0 Å². The number of nitrogens with zero attached hydrogens (tertiary/aromatic N) is 1. The summed E-state index contributed by atoms with van der Waals surface area (Å²) >= 11 is 3.56. The van der Waals surface area contributed by atoms with E-state index < -0.39 is 0 Å². The van der Waals surface area contributed by atoms with Crippen LogP contribution in [0.4, 0.5) is 5.69 Å². The van der Waals surface area contributed by atoms with E-state index in [1.165, 1.54) is 11.3 Å². The number of halogens is 1. The summed E-state index contributed by atoms with van der Waals surface area (Å²) < 4.78 is 1.09. The lowest BCUT2D eigenvalue weighted by molar-refractivity contribution is -0.120. The van der Waals surface area contributed by atoms with Gasteiger partial charge in [0.1, 0.15) is 0 Å². The van der Waals surface area contributed by atoms with Gasteiger partial charge >= 0.3 is 0 Å². The Morgan fingerprint density at radius 3 is 3.20 bits per heavy atom. The molecule has 1 aromatic carbocycles. The Hall–Kier alpha value is -1.03. The Balaban J connectivity index is 2.06. The van der Waals surface area contributed by atoms with Crippen molar-refractivity contribution >= 4 is 27.5 Å². The molecule has 1 unspecified atom stereocenters. The number of nitrogens with one attached hydrogen (secondary N) is 1. The van der Waals surface area contributed by atoms with Gasteiger partial charge in [0.15, 0.2) is 0 Å². The predicted molar refractivity (Wildman–Crippen MR) is 62.0 cm³/mol. The van der Waals surface area contributed by atoms with E-state index in [1.54, 1.807) is 0 Å². The van der Waals surface area contributed by atoms with Gasteiger partial charge in [0.05, 0.1) is 18.3 Å². The molecule has 2 heterocycles. The van der Waals surface area contributed by atoms with Crippen LogP contribution in [0, 0.1) is 0 Å². The van der Waals surface area contributed by atoms with E-state index in [9.17, 15) is 4.79 Å². The van der Waals surface area contributed by atoms with E-state index in [2.05, 4.69) is 38.3 Å². The number of carbonyl (C=O) groups is 1. The van der Waals surface area contributed by atoms with Crippen molar-refractivity contribution in [3.05, 3.63) is 28.2 Å². The molecule has 0 radical (unpaired) electrons. The Morgan fingerprint density at radius 2 is 2.33 bits per heavy atom. The van der Waals surface area contributed by atoms with Crippen LogP contribution in [0.3, 0.4) is 0 Å². The molecule has 1 N–H and O–H groups in total. The molecule has 1 amide bonds. The maximum absolute atomic E-state index is 11.4. The first kappa shape index (κ1) is 9.21. The third kappa shape index (κ3) is 1.35. The number of benzene rings is 1. The molecule has 2 aliphatic rings. The van der Waals surface area contributed by atoms with Gasteiger partial charge in [-0.3, -0.25) is 4.79 Å². The van der Waals surface area contributed by atoms with Crippen molar-refractivity contribution in [1.29, 1.82) is 0 Å². The van der Waals surface area contributed by atoms with Gasteiger partial charge in [0.25, 0.3) is 0 Å². The van der Waals surface area contributed by atoms with E-state index in [0.29, 0.717) is 12.6 Å². The molecule has 0 aliphatic carbocycles. The molecule has 3 rings (SSSR count). The number of hydrogen-bond donors (Lipinski definition) is 1. The molecule has 2 aliphatic heterocycles. The van der Waals surface area contributed by atoms with Gasteiger partial charge < -0.3 is 10.2 Å². The molecular formula is C11H11BrN2O. The number of para-hydroxylation sites is 1. The third-order valence-electron chi connectivity index (χ3n) is 3.10. The minimum Gasteiger partial charge on any atom is -0.356 e. The molecule has 0 aromatic heterocycles. The Bertz CT molecular complexity index is 433. The first-order valence-corrected chi connectivity index (χ1v) is 5.86. The van der Waals surface area contributed by atoms with Crippen LogP contribution in [0.15, 0.2) is 22.7 Å². The fourth-order valence-corrected chi connectivity index (χ4v) is 3.06. The minimum atomic E-state index is 0.120. The molecular weight excluding hydrogens is 256 g/mol. The van der Waals surface area contributed by atoms with Crippen molar-refractivity contribution in [2.24, 2.45) is 0 Å². The van der Waals surface area contributed by atoms with Crippen molar-refractivity contribution in [2.45, 2.75) is 12.5 Å². The van der Waals surface area contributed by atoms with E-state index in [-0.39, 0.29) is 5.91 Å². The highest BCUT2D eigenvalue weighted by atomic mass is 79.9. The average molecular weight is 267 g/mol. The van der Waals surface area contributed by atoms with Gasteiger partial charge in [-0.2, -0.15) is 0 Å². The summed E-state index contributed by atoms with van der Waals surface area (Å²) in [4.78, 5) is 13.6. The number of piperazine rings is 1. The first-order valence-electron chi connectivity index (χ1n) is 5.06. The monoisotopic (exact) mass is 266 g/mol. The molecule has 0 bridgehead atoms. The smallest absolute Gasteiger partial charge is 0.239 e. The Kier molecular flexibility index (Phi) is 1.99. The fraction of sp³-hybridized carbons (Fsp3) is 0.364. The summed E-state index contributed by atoms with van der Waals surface area (Å²) in [7, 11) is 0. The second-order valence-electron chi connectivity index (χ2n) is 4.04. The molecule has 78 valence electrons. The van der Waals surface area contributed by atoms with Crippen molar-refractivity contribution in [2.75, 3.05) is 18.0 Å². The molecule has 1 atom stereocenters. The molecule has 0 spiro atoms. The van der Waals surface area contributed by atoms with Crippen molar-refractivity contribution in [1.82, 2.24) is 5.32 Å². The third-order valence-corrected chi connectivity index (χ3v) is 3.74. The highest BCUT2D eigenvalue weighted by molar-refractivity contribution is 9.10. The first-order chi connectivity index (χ1) is 7.25. The maximum atomic E-state index is 11.4. The van der Waals surface area contributed by atoms with Crippen LogP contribution in [-0.2, 0) is 11.2 Å². The van der Waals surface area contributed by atoms with Crippen LogP contribution in [-0.4, -0.2) is 25.0 Å². The second-order valence-corrected chi connectivity index (χ2v) is 4.89. The van der Waals surface area contributed by atoms with Gasteiger partial charge in [-0.1, -0.05) is 12.1 Å². The average Bonchev–Trinajstić information content (AvgIpc) is 2.57. The number of fused-ring (bicyclic) bond motifs is 3. The summed E-state index contributed by atoms with van der Waals surface area (Å²) in [5.41, 5.74) is 2.54. The van der Waals surface area contributed by atoms with Crippen LogP contribution >= 0.6 is 15.9 Å². The highest BCUT2D eigenvalue weighted by Crippen LogP contribution is 2.38. The molecule has 0 saturated carbocycles. The van der Waals surface area contributed by atoms with E-state index in [4.69, 9.17) is 0 Å². The van der Waals surface area contributed by atoms with Crippen molar-refractivity contribution in [3.8, 4) is 0 Å². The lowest BCUT2D eigenvalue weighted by atomic mass is 10.1. The zero-order valence-corrected chi connectivity index (χ0v) is 9.75. The van der Waals surface area contributed by atoms with Crippen molar-refractivity contribution < 1.29 is 4.79 Å². The van der Waals surface area contributed by atoms with E-state index in [0.717, 1.165) is 17.4 Å². The van der Waals surface area contributed by atoms with Gasteiger partial charge in [-0.25, -0.2) is 0 Å². The number of hydrogen-bond acceptors (Lipinski definition) is 2. The molecule has 1 saturated heterocycles. The Morgan fingerprint density at radius 1 is 1.47 bits per heavy atom. The lowest BCUT2D eigenvalue weighted by Gasteiger charge is -2.32. The Labute approximate surface area is 96.6 Å².